The van der Waals surface area contributed by atoms with Crippen LogP contribution in [0.5, 0.6) is 11.5 Å². The van der Waals surface area contributed by atoms with Gasteiger partial charge in [0.1, 0.15) is 11.5 Å². The van der Waals surface area contributed by atoms with E-state index in [1.165, 1.54) is 0 Å². The molecule has 5 heteroatoms. The monoisotopic (exact) mass is 379 g/mol. The summed E-state index contributed by atoms with van der Waals surface area (Å²) in [4.78, 5) is 26.9. The highest BCUT2D eigenvalue weighted by atomic mass is 16.5. The number of carbonyl (C=O) groups is 2. The first-order chi connectivity index (χ1) is 13.1. The SMILES string of the molecule is Cc1cc(OC(=O)C(C)(C)C)cc2c1C(=O)/C(=C/c1ccc(N(C)C)cc1)O2. The van der Waals surface area contributed by atoms with Gasteiger partial charge in [-0.15, -0.1) is 0 Å². The van der Waals surface area contributed by atoms with Gasteiger partial charge >= 0.3 is 5.97 Å². The van der Waals surface area contributed by atoms with Crippen LogP contribution in [0.3, 0.4) is 0 Å². The Morgan fingerprint density at radius 3 is 2.32 bits per heavy atom. The van der Waals surface area contributed by atoms with Crippen LogP contribution in [-0.4, -0.2) is 25.8 Å². The Kier molecular flexibility index (Phi) is 5.02. The highest BCUT2D eigenvalue weighted by Gasteiger charge is 2.31. The normalized spacial score (nSPS) is 14.6. The summed E-state index contributed by atoms with van der Waals surface area (Å²) in [6, 6.07) is 11.1. The molecule has 0 aliphatic carbocycles. The molecular formula is C23H25NO4. The zero-order valence-corrected chi connectivity index (χ0v) is 17.1. The van der Waals surface area contributed by atoms with Gasteiger partial charge in [-0.05, 0) is 63.1 Å². The first kappa shape index (κ1) is 19.7. The average molecular weight is 379 g/mol. The molecule has 1 aliphatic rings. The second-order valence-electron chi connectivity index (χ2n) is 8.18. The molecule has 5 nitrogen and oxygen atoms in total. The minimum absolute atomic E-state index is 0.169. The van der Waals surface area contributed by atoms with Crippen molar-refractivity contribution in [1.82, 2.24) is 0 Å². The van der Waals surface area contributed by atoms with Gasteiger partial charge in [0.05, 0.1) is 11.0 Å². The third-order valence-corrected chi connectivity index (χ3v) is 4.47. The molecule has 0 spiro atoms. The average Bonchev–Trinajstić information content (AvgIpc) is 2.90. The van der Waals surface area contributed by atoms with Crippen LogP contribution in [0.1, 0.15) is 42.3 Å². The highest BCUT2D eigenvalue weighted by molar-refractivity contribution is 6.15. The summed E-state index contributed by atoms with van der Waals surface area (Å²) >= 11 is 0. The summed E-state index contributed by atoms with van der Waals surface area (Å²) in [6.45, 7) is 7.18. The fourth-order valence-corrected chi connectivity index (χ4v) is 2.82. The predicted octanol–water partition coefficient (Wildman–Crippen LogP) is 4.63. The summed E-state index contributed by atoms with van der Waals surface area (Å²) < 4.78 is 11.3. The first-order valence-electron chi connectivity index (χ1n) is 9.15. The lowest BCUT2D eigenvalue weighted by molar-refractivity contribution is -0.143. The van der Waals surface area contributed by atoms with Gasteiger partial charge in [0.25, 0.3) is 0 Å². The van der Waals surface area contributed by atoms with E-state index in [0.29, 0.717) is 22.6 Å². The van der Waals surface area contributed by atoms with Gasteiger partial charge in [-0.25, -0.2) is 0 Å². The molecule has 3 rings (SSSR count). The topological polar surface area (TPSA) is 55.8 Å². The van der Waals surface area contributed by atoms with Crippen molar-refractivity contribution < 1.29 is 19.1 Å². The predicted molar refractivity (Wildman–Crippen MR) is 110 cm³/mol. The fraction of sp³-hybridized carbons (Fsp3) is 0.304. The van der Waals surface area contributed by atoms with Crippen molar-refractivity contribution in [3.63, 3.8) is 0 Å². The first-order valence-corrected chi connectivity index (χ1v) is 9.15. The molecule has 0 aromatic heterocycles. The highest BCUT2D eigenvalue weighted by Crippen LogP contribution is 2.38. The van der Waals surface area contributed by atoms with Crippen LogP contribution in [0.15, 0.2) is 42.2 Å². The van der Waals surface area contributed by atoms with E-state index in [2.05, 4.69) is 0 Å². The molecule has 146 valence electrons. The number of benzene rings is 2. The number of ether oxygens (including phenoxy) is 2. The van der Waals surface area contributed by atoms with Crippen LogP contribution in [-0.2, 0) is 4.79 Å². The summed E-state index contributed by atoms with van der Waals surface area (Å²) in [5.41, 5.74) is 2.55. The van der Waals surface area contributed by atoms with Gasteiger partial charge in [0.15, 0.2) is 5.76 Å². The van der Waals surface area contributed by atoms with Gasteiger partial charge in [-0.3, -0.25) is 9.59 Å². The maximum absolute atomic E-state index is 12.8. The lowest BCUT2D eigenvalue weighted by atomic mass is 9.97. The minimum Gasteiger partial charge on any atom is -0.452 e. The molecule has 0 saturated carbocycles. The third kappa shape index (κ3) is 3.93. The summed E-state index contributed by atoms with van der Waals surface area (Å²) in [6.07, 6.45) is 1.72. The van der Waals surface area contributed by atoms with E-state index in [0.717, 1.165) is 11.3 Å². The molecule has 2 aromatic carbocycles. The molecule has 0 N–H and O–H groups in total. The van der Waals surface area contributed by atoms with Crippen LogP contribution in [0.25, 0.3) is 6.08 Å². The van der Waals surface area contributed by atoms with Crippen molar-refractivity contribution in [1.29, 1.82) is 0 Å². The lowest BCUT2D eigenvalue weighted by Gasteiger charge is -2.16. The second-order valence-corrected chi connectivity index (χ2v) is 8.18. The summed E-state index contributed by atoms with van der Waals surface area (Å²) in [5.74, 6) is 0.541. The molecule has 0 fully saturated rings. The molecule has 0 unspecified atom stereocenters. The van der Waals surface area contributed by atoms with E-state index in [4.69, 9.17) is 9.47 Å². The van der Waals surface area contributed by atoms with Crippen LogP contribution >= 0.6 is 0 Å². The molecule has 2 aromatic rings. The standard InChI is InChI=1S/C23H25NO4/c1-14-11-17(27-22(26)23(2,3)4)13-18-20(14)21(25)19(28-18)12-15-7-9-16(10-8-15)24(5)6/h7-13H,1-6H3/b19-12-. The third-order valence-electron chi connectivity index (χ3n) is 4.47. The number of hydrogen-bond acceptors (Lipinski definition) is 5. The Bertz CT molecular complexity index is 963. The van der Waals surface area contributed by atoms with Gasteiger partial charge in [0, 0.05) is 25.8 Å². The number of anilines is 1. The molecule has 1 aliphatic heterocycles. The zero-order valence-electron chi connectivity index (χ0n) is 17.1. The van der Waals surface area contributed by atoms with Crippen LogP contribution in [0.4, 0.5) is 5.69 Å². The van der Waals surface area contributed by atoms with Crippen LogP contribution in [0.2, 0.25) is 0 Å². The van der Waals surface area contributed by atoms with Gasteiger partial charge in [-0.2, -0.15) is 0 Å². The van der Waals surface area contributed by atoms with E-state index >= 15 is 0 Å². The van der Waals surface area contributed by atoms with E-state index < -0.39 is 5.41 Å². The van der Waals surface area contributed by atoms with Crippen molar-refractivity contribution in [2.75, 3.05) is 19.0 Å². The number of rotatable bonds is 3. The van der Waals surface area contributed by atoms with Crippen LogP contribution < -0.4 is 14.4 Å². The van der Waals surface area contributed by atoms with E-state index in [9.17, 15) is 9.59 Å². The van der Waals surface area contributed by atoms with Crippen molar-refractivity contribution in [2.24, 2.45) is 5.41 Å². The van der Waals surface area contributed by atoms with Crippen molar-refractivity contribution in [3.05, 3.63) is 58.8 Å². The van der Waals surface area contributed by atoms with Crippen molar-refractivity contribution in [2.45, 2.75) is 27.7 Å². The van der Waals surface area contributed by atoms with Gasteiger partial charge in [-0.1, -0.05) is 12.1 Å². The smallest absolute Gasteiger partial charge is 0.316 e. The number of carbonyl (C=O) groups excluding carboxylic acids is 2. The number of hydrogen-bond donors (Lipinski definition) is 0. The largest absolute Gasteiger partial charge is 0.452 e. The maximum Gasteiger partial charge on any atom is 0.316 e. The molecular weight excluding hydrogens is 354 g/mol. The number of ketones is 1. The molecule has 28 heavy (non-hydrogen) atoms. The fourth-order valence-electron chi connectivity index (χ4n) is 2.82. The van der Waals surface area contributed by atoms with E-state index in [-0.39, 0.29) is 17.5 Å². The number of esters is 1. The zero-order chi connectivity index (χ0) is 20.6. The molecule has 0 bridgehead atoms. The van der Waals surface area contributed by atoms with Crippen molar-refractivity contribution >= 4 is 23.5 Å². The lowest BCUT2D eigenvalue weighted by Crippen LogP contribution is -2.25. The summed E-state index contributed by atoms with van der Waals surface area (Å²) in [7, 11) is 3.95. The second kappa shape index (κ2) is 7.15. The summed E-state index contributed by atoms with van der Waals surface area (Å²) in [5, 5.41) is 0. The number of aryl methyl sites for hydroxylation is 1. The quantitative estimate of drug-likeness (QED) is 0.442. The molecule has 1 heterocycles. The molecule has 0 amide bonds. The van der Waals surface area contributed by atoms with E-state index in [1.807, 2.05) is 50.2 Å². The number of allylic oxidation sites excluding steroid dienone is 1. The van der Waals surface area contributed by atoms with Crippen LogP contribution in [0, 0.1) is 12.3 Å². The Balaban J connectivity index is 1.88. The Morgan fingerprint density at radius 2 is 1.75 bits per heavy atom. The molecule has 0 saturated heterocycles. The Morgan fingerprint density at radius 1 is 1.11 bits per heavy atom. The van der Waals surface area contributed by atoms with Gasteiger partial charge < -0.3 is 14.4 Å². The maximum atomic E-state index is 12.8. The molecule has 0 radical (unpaired) electrons. The van der Waals surface area contributed by atoms with Gasteiger partial charge in [0.2, 0.25) is 5.78 Å². The Labute approximate surface area is 165 Å². The van der Waals surface area contributed by atoms with Crippen molar-refractivity contribution in [3.8, 4) is 11.5 Å². The molecule has 0 atom stereocenters. The minimum atomic E-state index is -0.618. The Hall–Kier alpha value is -3.08. The number of nitrogens with zero attached hydrogens (tertiary/aromatic N) is 1. The number of Topliss-reactive ketones (excluding diaryl/α,β-unsaturated/α-hetero) is 1. The van der Waals surface area contributed by atoms with E-state index in [1.54, 1.807) is 39.0 Å². The number of fused-ring (bicyclic) bond motifs is 1.